The zero-order valence-electron chi connectivity index (χ0n) is 21.7. The fourth-order valence-electron chi connectivity index (χ4n) is 6.89. The molecular weight excluding hydrogens is 576 g/mol. The molecule has 3 aliphatic heterocycles. The number of anilines is 2. The van der Waals surface area contributed by atoms with Gasteiger partial charge in [0.15, 0.2) is 0 Å². The maximum Gasteiger partial charge on any atom is 0.212 e. The second-order valence-electron chi connectivity index (χ2n) is 11.5. The van der Waals surface area contributed by atoms with Crippen LogP contribution in [0.5, 0.6) is 5.75 Å². The quantitative estimate of drug-likeness (QED) is 0.291. The van der Waals surface area contributed by atoms with Crippen molar-refractivity contribution in [2.24, 2.45) is 0 Å². The lowest BCUT2D eigenvalue weighted by molar-refractivity contribution is 0.0562. The maximum absolute atomic E-state index is 7.08. The van der Waals surface area contributed by atoms with Crippen molar-refractivity contribution in [3.05, 3.63) is 92.4 Å². The summed E-state index contributed by atoms with van der Waals surface area (Å²) in [6.07, 6.45) is 3.33. The van der Waals surface area contributed by atoms with Gasteiger partial charge in [0.2, 0.25) is 5.72 Å². The van der Waals surface area contributed by atoms with Crippen molar-refractivity contribution in [1.82, 2.24) is 0 Å². The molecule has 3 nitrogen and oxygen atoms in total. The summed E-state index contributed by atoms with van der Waals surface area (Å²) in [5, 5.41) is 0. The van der Waals surface area contributed by atoms with Crippen LogP contribution in [0.3, 0.4) is 0 Å². The molecule has 3 aliphatic rings. The van der Waals surface area contributed by atoms with E-state index in [0.29, 0.717) is 6.04 Å². The topological polar surface area (TPSA) is 15.7 Å². The number of likely N-dealkylation sites (N-methyl/N-ethyl adjacent to an activating group) is 2. The fourth-order valence-corrected chi connectivity index (χ4v) is 8.19. The van der Waals surface area contributed by atoms with Crippen LogP contribution < -0.4 is 14.5 Å². The first-order valence-corrected chi connectivity index (χ1v) is 14.1. The maximum atomic E-state index is 7.08. The van der Waals surface area contributed by atoms with Crippen LogP contribution in [0.15, 0.2) is 75.7 Å². The standard InChI is InChI=1S/C31H32Br2N2O/c1-29(2)22-11-7-9-13-25(22)34(5)27(29)15-19-18-31(36-28-21(19)16-20(32)17-24(28)33)30(3,4)23-12-8-10-14-26(23)35(31)6/h7-14,16-18,27H,15H2,1-6H3. The number of hydrogen-bond acceptors (Lipinski definition) is 3. The summed E-state index contributed by atoms with van der Waals surface area (Å²) in [6, 6.07) is 22.2. The molecule has 3 aromatic carbocycles. The van der Waals surface area contributed by atoms with Gasteiger partial charge in [-0.3, -0.25) is 0 Å². The zero-order chi connectivity index (χ0) is 25.6. The summed E-state index contributed by atoms with van der Waals surface area (Å²) in [6.45, 7) is 9.38. The summed E-state index contributed by atoms with van der Waals surface area (Å²) in [5.41, 5.74) is 6.88. The van der Waals surface area contributed by atoms with Crippen molar-refractivity contribution in [2.45, 2.75) is 56.7 Å². The lowest BCUT2D eigenvalue weighted by Crippen LogP contribution is -2.58. The van der Waals surface area contributed by atoms with Gasteiger partial charge in [-0.2, -0.15) is 0 Å². The van der Waals surface area contributed by atoms with E-state index in [1.807, 2.05) is 0 Å². The minimum absolute atomic E-state index is 0.0150. The highest BCUT2D eigenvalue weighted by molar-refractivity contribution is 9.11. The van der Waals surface area contributed by atoms with E-state index in [2.05, 4.69) is 150 Å². The molecule has 0 aliphatic carbocycles. The third kappa shape index (κ3) is 3.08. The first-order chi connectivity index (χ1) is 17.0. The third-order valence-corrected chi connectivity index (χ3v) is 10.1. The third-order valence-electron chi connectivity index (χ3n) is 9.01. The summed E-state index contributed by atoms with van der Waals surface area (Å²) >= 11 is 7.58. The highest BCUT2D eigenvalue weighted by Gasteiger charge is 2.59. The van der Waals surface area contributed by atoms with Crippen molar-refractivity contribution in [3.8, 4) is 5.75 Å². The first kappa shape index (κ1) is 24.1. The van der Waals surface area contributed by atoms with Gasteiger partial charge in [0, 0.05) is 47.0 Å². The Bertz CT molecular complexity index is 1430. The number of ether oxygens (including phenoxy) is 1. The molecule has 3 heterocycles. The fraction of sp³-hybridized carbons (Fsp3) is 0.355. The van der Waals surface area contributed by atoms with E-state index >= 15 is 0 Å². The van der Waals surface area contributed by atoms with Crippen LogP contribution in [-0.4, -0.2) is 25.9 Å². The van der Waals surface area contributed by atoms with E-state index in [4.69, 9.17) is 4.74 Å². The van der Waals surface area contributed by atoms with Gasteiger partial charge in [-0.05, 0) is 83.2 Å². The largest absolute Gasteiger partial charge is 0.462 e. The molecule has 0 amide bonds. The Kier molecular flexibility index (Phi) is 5.28. The Balaban J connectivity index is 1.54. The van der Waals surface area contributed by atoms with Crippen LogP contribution in [0.4, 0.5) is 11.4 Å². The number of rotatable bonds is 2. The molecule has 0 radical (unpaired) electrons. The highest BCUT2D eigenvalue weighted by atomic mass is 79.9. The molecule has 0 N–H and O–H groups in total. The Morgan fingerprint density at radius 1 is 0.861 bits per heavy atom. The minimum atomic E-state index is -0.635. The van der Waals surface area contributed by atoms with E-state index < -0.39 is 5.72 Å². The Morgan fingerprint density at radius 3 is 2.17 bits per heavy atom. The SMILES string of the molecule is CN1c2ccccc2C(C)(C)C1CC1=CC2(Oc3c(Br)cc(Br)cc31)N(C)c1ccccc1C2(C)C. The molecule has 0 bridgehead atoms. The van der Waals surface area contributed by atoms with Crippen LogP contribution in [-0.2, 0) is 10.8 Å². The molecule has 0 fully saturated rings. The van der Waals surface area contributed by atoms with Crippen LogP contribution in [0.2, 0.25) is 0 Å². The molecule has 6 rings (SSSR count). The molecule has 1 spiro atoms. The summed E-state index contributed by atoms with van der Waals surface area (Å²) in [4.78, 5) is 4.81. The van der Waals surface area contributed by atoms with Gasteiger partial charge in [0.25, 0.3) is 0 Å². The number of benzene rings is 3. The molecule has 2 unspecified atom stereocenters. The van der Waals surface area contributed by atoms with E-state index in [1.165, 1.54) is 28.1 Å². The highest BCUT2D eigenvalue weighted by Crippen LogP contribution is 2.58. The number of fused-ring (bicyclic) bond motifs is 3. The number of para-hydroxylation sites is 2. The number of hydrogen-bond donors (Lipinski definition) is 0. The lowest BCUT2D eigenvalue weighted by Gasteiger charge is -2.47. The van der Waals surface area contributed by atoms with Gasteiger partial charge in [-0.15, -0.1) is 0 Å². The van der Waals surface area contributed by atoms with Gasteiger partial charge in [0.05, 0.1) is 9.89 Å². The van der Waals surface area contributed by atoms with Gasteiger partial charge in [-0.25, -0.2) is 0 Å². The molecule has 36 heavy (non-hydrogen) atoms. The van der Waals surface area contributed by atoms with Crippen LogP contribution in [0.25, 0.3) is 5.57 Å². The van der Waals surface area contributed by atoms with E-state index in [0.717, 1.165) is 26.7 Å². The van der Waals surface area contributed by atoms with E-state index in [-0.39, 0.29) is 10.8 Å². The van der Waals surface area contributed by atoms with Crippen molar-refractivity contribution in [1.29, 1.82) is 0 Å². The predicted octanol–water partition coefficient (Wildman–Crippen LogP) is 8.30. The average molecular weight is 608 g/mol. The van der Waals surface area contributed by atoms with E-state index in [9.17, 15) is 0 Å². The molecule has 0 saturated heterocycles. The minimum Gasteiger partial charge on any atom is -0.462 e. The van der Waals surface area contributed by atoms with Crippen LogP contribution in [0, 0.1) is 0 Å². The molecule has 2 atom stereocenters. The molecule has 3 aromatic rings. The van der Waals surface area contributed by atoms with Crippen molar-refractivity contribution in [3.63, 3.8) is 0 Å². The monoisotopic (exact) mass is 606 g/mol. The molecular formula is C31H32Br2N2O. The summed E-state index contributed by atoms with van der Waals surface area (Å²) in [7, 11) is 4.41. The van der Waals surface area contributed by atoms with Crippen molar-refractivity contribution >= 4 is 48.8 Å². The lowest BCUT2D eigenvalue weighted by atomic mass is 9.73. The first-order valence-electron chi connectivity index (χ1n) is 12.5. The summed E-state index contributed by atoms with van der Waals surface area (Å²) < 4.78 is 9.10. The van der Waals surface area contributed by atoms with Crippen LogP contribution in [0.1, 0.15) is 50.8 Å². The second kappa shape index (κ2) is 7.88. The second-order valence-corrected chi connectivity index (χ2v) is 13.3. The zero-order valence-corrected chi connectivity index (χ0v) is 24.9. The van der Waals surface area contributed by atoms with Gasteiger partial charge < -0.3 is 14.5 Å². The van der Waals surface area contributed by atoms with Gasteiger partial charge in [-0.1, -0.05) is 66.2 Å². The van der Waals surface area contributed by atoms with Crippen molar-refractivity contribution < 1.29 is 4.74 Å². The van der Waals surface area contributed by atoms with Crippen molar-refractivity contribution in [2.75, 3.05) is 23.9 Å². The Labute approximate surface area is 231 Å². The average Bonchev–Trinajstić information content (AvgIpc) is 3.13. The normalized spacial score (nSPS) is 24.8. The van der Waals surface area contributed by atoms with Gasteiger partial charge >= 0.3 is 0 Å². The molecule has 0 saturated carbocycles. The summed E-state index contributed by atoms with van der Waals surface area (Å²) in [5.74, 6) is 0.916. The smallest absolute Gasteiger partial charge is 0.212 e. The van der Waals surface area contributed by atoms with Gasteiger partial charge in [0.1, 0.15) is 5.75 Å². The number of halogens is 2. The Hall–Kier alpha value is -2.24. The Morgan fingerprint density at radius 2 is 1.50 bits per heavy atom. The molecule has 186 valence electrons. The molecule has 5 heteroatoms. The van der Waals surface area contributed by atoms with Crippen LogP contribution >= 0.6 is 31.9 Å². The molecule has 0 aromatic heterocycles. The van der Waals surface area contributed by atoms with E-state index in [1.54, 1.807) is 0 Å². The number of nitrogens with zero attached hydrogens (tertiary/aromatic N) is 2. The predicted molar refractivity (Wildman–Crippen MR) is 157 cm³/mol.